The zero-order valence-electron chi connectivity index (χ0n) is 9.62. The van der Waals surface area contributed by atoms with Crippen LogP contribution in [-0.4, -0.2) is 26.5 Å². The van der Waals surface area contributed by atoms with E-state index in [0.29, 0.717) is 6.42 Å². The minimum Gasteiger partial charge on any atom is -0.397 e. The summed E-state index contributed by atoms with van der Waals surface area (Å²) in [5.41, 5.74) is 5.55. The Morgan fingerprint density at radius 1 is 1.39 bits per heavy atom. The van der Waals surface area contributed by atoms with Crippen molar-refractivity contribution in [1.82, 2.24) is 0 Å². The van der Waals surface area contributed by atoms with Crippen molar-refractivity contribution in [3.8, 4) is 0 Å². The highest BCUT2D eigenvalue weighted by Gasteiger charge is 2.28. The van der Waals surface area contributed by atoms with Crippen LogP contribution in [0.1, 0.15) is 6.42 Å². The number of hydrogen-bond donors (Lipinski definition) is 2. The maximum absolute atomic E-state index is 13.5. The van der Waals surface area contributed by atoms with Gasteiger partial charge in [0.25, 0.3) is 0 Å². The van der Waals surface area contributed by atoms with Crippen LogP contribution in [0, 0.1) is 17.6 Å². The number of nitrogen functional groups attached to an aromatic ring is 1. The van der Waals surface area contributed by atoms with Crippen LogP contribution in [0.3, 0.4) is 0 Å². The molecule has 0 aromatic heterocycles. The fraction of sp³-hybridized carbons (Fsp3) is 0.455. The van der Waals surface area contributed by atoms with Crippen LogP contribution in [0.2, 0.25) is 0 Å². The summed E-state index contributed by atoms with van der Waals surface area (Å²) < 4.78 is 49.0. The van der Waals surface area contributed by atoms with E-state index in [1.54, 1.807) is 0 Å². The molecular formula is C11H14F2N2O2S. The third kappa shape index (κ3) is 2.72. The van der Waals surface area contributed by atoms with Gasteiger partial charge in [0, 0.05) is 6.54 Å². The number of rotatable bonds is 3. The molecular weight excluding hydrogens is 262 g/mol. The van der Waals surface area contributed by atoms with Gasteiger partial charge < -0.3 is 11.1 Å². The second kappa shape index (κ2) is 4.72. The van der Waals surface area contributed by atoms with Crippen LogP contribution in [0.25, 0.3) is 0 Å². The maximum Gasteiger partial charge on any atom is 0.183 e. The van der Waals surface area contributed by atoms with Crippen molar-refractivity contribution in [2.75, 3.05) is 29.1 Å². The second-order valence-electron chi connectivity index (χ2n) is 4.48. The summed E-state index contributed by atoms with van der Waals surface area (Å²) in [5, 5.41) is 2.70. The van der Waals surface area contributed by atoms with Gasteiger partial charge in [0.2, 0.25) is 0 Å². The topological polar surface area (TPSA) is 72.2 Å². The minimum atomic E-state index is -2.97. The Bertz CT molecular complexity index is 560. The highest BCUT2D eigenvalue weighted by molar-refractivity contribution is 7.91. The summed E-state index contributed by atoms with van der Waals surface area (Å²) in [7, 11) is -2.97. The predicted molar refractivity (Wildman–Crippen MR) is 66.0 cm³/mol. The van der Waals surface area contributed by atoms with Crippen molar-refractivity contribution in [3.05, 3.63) is 23.8 Å². The average molecular weight is 276 g/mol. The van der Waals surface area contributed by atoms with E-state index in [9.17, 15) is 17.2 Å². The molecule has 0 spiro atoms. The molecule has 2 rings (SSSR count). The lowest BCUT2D eigenvalue weighted by atomic mass is 10.1. The van der Waals surface area contributed by atoms with Crippen LogP contribution < -0.4 is 11.1 Å². The smallest absolute Gasteiger partial charge is 0.183 e. The van der Waals surface area contributed by atoms with Crippen LogP contribution in [-0.2, 0) is 9.84 Å². The molecule has 3 N–H and O–H groups in total. The fourth-order valence-electron chi connectivity index (χ4n) is 2.02. The van der Waals surface area contributed by atoms with Gasteiger partial charge in [-0.2, -0.15) is 0 Å². The molecule has 1 heterocycles. The zero-order chi connectivity index (χ0) is 13.3. The summed E-state index contributed by atoms with van der Waals surface area (Å²) in [5.74, 6) is -1.87. The van der Waals surface area contributed by atoms with E-state index in [4.69, 9.17) is 5.73 Å². The maximum atomic E-state index is 13.5. The summed E-state index contributed by atoms with van der Waals surface area (Å²) in [4.78, 5) is 0. The largest absolute Gasteiger partial charge is 0.397 e. The first-order valence-electron chi connectivity index (χ1n) is 5.57. The number of sulfone groups is 1. The van der Waals surface area contributed by atoms with Gasteiger partial charge in [-0.1, -0.05) is 0 Å². The number of nitrogens with one attached hydrogen (secondary N) is 1. The lowest BCUT2D eigenvalue weighted by Crippen LogP contribution is -2.17. The SMILES string of the molecule is Nc1ccc(F)c(F)c1NCC1CCS(=O)(=O)C1. The van der Waals surface area contributed by atoms with E-state index < -0.39 is 21.5 Å². The first-order chi connectivity index (χ1) is 8.39. The first-order valence-corrected chi connectivity index (χ1v) is 7.39. The number of benzene rings is 1. The van der Waals surface area contributed by atoms with Gasteiger partial charge in [-0.3, -0.25) is 0 Å². The Balaban J connectivity index is 2.05. The molecule has 1 fully saturated rings. The molecule has 1 aliphatic heterocycles. The highest BCUT2D eigenvalue weighted by Crippen LogP contribution is 2.26. The normalized spacial score (nSPS) is 22.0. The zero-order valence-corrected chi connectivity index (χ0v) is 10.4. The monoisotopic (exact) mass is 276 g/mol. The van der Waals surface area contributed by atoms with Crippen molar-refractivity contribution in [2.24, 2.45) is 5.92 Å². The molecule has 7 heteroatoms. The lowest BCUT2D eigenvalue weighted by molar-refractivity contribution is 0.510. The summed E-state index contributed by atoms with van der Waals surface area (Å²) in [6.45, 7) is 0.268. The number of halogens is 2. The van der Waals surface area contributed by atoms with E-state index >= 15 is 0 Å². The van der Waals surface area contributed by atoms with E-state index in [1.807, 2.05) is 0 Å². The minimum absolute atomic E-state index is 0.0802. The van der Waals surface area contributed by atoms with Crippen molar-refractivity contribution in [1.29, 1.82) is 0 Å². The van der Waals surface area contributed by atoms with Gasteiger partial charge in [-0.05, 0) is 24.5 Å². The van der Waals surface area contributed by atoms with E-state index in [-0.39, 0.29) is 35.3 Å². The Kier molecular flexibility index (Phi) is 3.43. The molecule has 0 aliphatic carbocycles. The molecule has 0 amide bonds. The van der Waals surface area contributed by atoms with Crippen LogP contribution >= 0.6 is 0 Å². The molecule has 18 heavy (non-hydrogen) atoms. The molecule has 1 aliphatic rings. The lowest BCUT2D eigenvalue weighted by Gasteiger charge is -2.13. The van der Waals surface area contributed by atoms with E-state index in [1.165, 1.54) is 6.07 Å². The second-order valence-corrected chi connectivity index (χ2v) is 6.70. The third-order valence-corrected chi connectivity index (χ3v) is 4.86. The van der Waals surface area contributed by atoms with Crippen LogP contribution in [0.4, 0.5) is 20.2 Å². The van der Waals surface area contributed by atoms with Gasteiger partial charge in [-0.15, -0.1) is 0 Å². The Morgan fingerprint density at radius 2 is 2.11 bits per heavy atom. The number of nitrogens with two attached hydrogens (primary N) is 1. The molecule has 1 aromatic rings. The molecule has 0 bridgehead atoms. The van der Waals surface area contributed by atoms with Crippen LogP contribution in [0.5, 0.6) is 0 Å². The van der Waals surface area contributed by atoms with Crippen molar-refractivity contribution < 1.29 is 17.2 Å². The molecule has 1 saturated heterocycles. The average Bonchev–Trinajstić information content (AvgIpc) is 2.64. The molecule has 0 saturated carbocycles. The Morgan fingerprint density at radius 3 is 2.72 bits per heavy atom. The highest BCUT2D eigenvalue weighted by atomic mass is 32.2. The van der Waals surface area contributed by atoms with Crippen molar-refractivity contribution in [3.63, 3.8) is 0 Å². The number of anilines is 2. The van der Waals surface area contributed by atoms with Gasteiger partial charge in [0.15, 0.2) is 21.5 Å². The Hall–Kier alpha value is -1.37. The molecule has 4 nitrogen and oxygen atoms in total. The standard InChI is InChI=1S/C11H14F2N2O2S/c12-8-1-2-9(14)11(10(8)13)15-5-7-3-4-18(16,17)6-7/h1-2,7,15H,3-6,14H2. The molecule has 1 aromatic carbocycles. The van der Waals surface area contributed by atoms with Gasteiger partial charge in [0.05, 0.1) is 22.9 Å². The van der Waals surface area contributed by atoms with E-state index in [2.05, 4.69) is 5.32 Å². The molecule has 1 unspecified atom stereocenters. The van der Waals surface area contributed by atoms with Crippen LogP contribution in [0.15, 0.2) is 12.1 Å². The predicted octanol–water partition coefficient (Wildman–Crippen LogP) is 1.39. The molecule has 100 valence electrons. The Labute approximate surface area is 104 Å². The quantitative estimate of drug-likeness (QED) is 0.818. The summed E-state index contributed by atoms with van der Waals surface area (Å²) >= 11 is 0. The van der Waals surface area contributed by atoms with Crippen molar-refractivity contribution in [2.45, 2.75) is 6.42 Å². The molecule has 1 atom stereocenters. The van der Waals surface area contributed by atoms with E-state index in [0.717, 1.165) is 6.07 Å². The summed E-state index contributed by atoms with van der Waals surface area (Å²) in [6.07, 6.45) is 0.534. The first kappa shape index (κ1) is 13.1. The third-order valence-electron chi connectivity index (χ3n) is 3.02. The van der Waals surface area contributed by atoms with Gasteiger partial charge in [0.1, 0.15) is 0 Å². The fourth-order valence-corrected chi connectivity index (χ4v) is 3.89. The number of hydrogen-bond acceptors (Lipinski definition) is 4. The van der Waals surface area contributed by atoms with Gasteiger partial charge in [-0.25, -0.2) is 17.2 Å². The summed E-state index contributed by atoms with van der Waals surface area (Å²) in [6, 6.07) is 2.22. The van der Waals surface area contributed by atoms with Crippen molar-refractivity contribution >= 4 is 21.2 Å². The van der Waals surface area contributed by atoms with Gasteiger partial charge >= 0.3 is 0 Å². The molecule has 0 radical (unpaired) electrons.